The molecule has 0 radical (unpaired) electrons. The van der Waals surface area contributed by atoms with Crippen molar-refractivity contribution in [3.05, 3.63) is 39.8 Å². The van der Waals surface area contributed by atoms with Crippen molar-refractivity contribution in [2.45, 2.75) is 58.8 Å². The summed E-state index contributed by atoms with van der Waals surface area (Å²) >= 11 is 1.45. The van der Waals surface area contributed by atoms with E-state index in [-0.39, 0.29) is 29.2 Å². The lowest BCUT2D eigenvalue weighted by molar-refractivity contribution is -0.140. The number of nitrogens with zero attached hydrogens (tertiary/aromatic N) is 2. The summed E-state index contributed by atoms with van der Waals surface area (Å²) in [7, 11) is 0. The lowest BCUT2D eigenvalue weighted by atomic mass is 9.98. The van der Waals surface area contributed by atoms with E-state index in [1.807, 2.05) is 45.9 Å². The fraction of sp³-hybridized carbons (Fsp3) is 0.522. The van der Waals surface area contributed by atoms with Crippen LogP contribution in [0.5, 0.6) is 0 Å². The monoisotopic (exact) mass is 430 g/mol. The second-order valence-corrected chi connectivity index (χ2v) is 9.67. The van der Waals surface area contributed by atoms with Crippen LogP contribution in [0.1, 0.15) is 50.3 Å². The van der Waals surface area contributed by atoms with Crippen molar-refractivity contribution in [3.63, 3.8) is 0 Å². The van der Waals surface area contributed by atoms with E-state index in [4.69, 9.17) is 4.74 Å². The predicted molar refractivity (Wildman–Crippen MR) is 119 cm³/mol. The largest absolute Gasteiger partial charge is 0.450 e. The average molecular weight is 431 g/mol. The van der Waals surface area contributed by atoms with Crippen LogP contribution in [0.15, 0.2) is 23.1 Å². The van der Waals surface area contributed by atoms with Crippen molar-refractivity contribution < 1.29 is 19.1 Å². The molecular weight excluding hydrogens is 400 g/mol. The standard InChI is InChI=1S/C23H30N2O4S/c1-6-29-23(28)24-11-9-17(10-12-24)25-21(26)19(20(22(25)27)30-14(2)3)18-8-7-15(4)13-16(18)5/h7-8,13-14,17H,6,9-12H2,1-5H3. The zero-order valence-corrected chi connectivity index (χ0v) is 19.2. The molecule has 1 saturated heterocycles. The van der Waals surface area contributed by atoms with Crippen LogP contribution in [-0.4, -0.2) is 58.7 Å². The SMILES string of the molecule is CCOC(=O)N1CCC(N2C(=O)C(SC(C)C)=C(c3ccc(C)cc3C)C2=O)CC1. The number of thioether (sulfide) groups is 1. The lowest BCUT2D eigenvalue weighted by Gasteiger charge is -2.35. The summed E-state index contributed by atoms with van der Waals surface area (Å²) < 4.78 is 5.07. The predicted octanol–water partition coefficient (Wildman–Crippen LogP) is 4.15. The Bertz CT molecular complexity index is 885. The van der Waals surface area contributed by atoms with Gasteiger partial charge in [0, 0.05) is 24.4 Å². The van der Waals surface area contributed by atoms with Crippen molar-refractivity contribution in [1.82, 2.24) is 9.80 Å². The summed E-state index contributed by atoms with van der Waals surface area (Å²) in [6, 6.07) is 5.75. The Balaban J connectivity index is 1.87. The van der Waals surface area contributed by atoms with Gasteiger partial charge in [0.1, 0.15) is 0 Å². The molecule has 30 heavy (non-hydrogen) atoms. The van der Waals surface area contributed by atoms with E-state index < -0.39 is 0 Å². The number of carbonyl (C=O) groups is 3. The third kappa shape index (κ3) is 4.41. The molecule has 0 spiro atoms. The van der Waals surface area contributed by atoms with Gasteiger partial charge in [-0.1, -0.05) is 37.6 Å². The molecule has 162 valence electrons. The van der Waals surface area contributed by atoms with E-state index in [1.54, 1.807) is 11.8 Å². The minimum Gasteiger partial charge on any atom is -0.450 e. The van der Waals surface area contributed by atoms with Crippen LogP contribution in [0.3, 0.4) is 0 Å². The summed E-state index contributed by atoms with van der Waals surface area (Å²) in [5.41, 5.74) is 3.46. The van der Waals surface area contributed by atoms with Gasteiger partial charge in [0.2, 0.25) is 0 Å². The van der Waals surface area contributed by atoms with Crippen LogP contribution >= 0.6 is 11.8 Å². The molecule has 1 aromatic rings. The van der Waals surface area contributed by atoms with E-state index >= 15 is 0 Å². The number of likely N-dealkylation sites (tertiary alicyclic amines) is 1. The van der Waals surface area contributed by atoms with Gasteiger partial charge in [-0.3, -0.25) is 14.5 Å². The maximum Gasteiger partial charge on any atom is 0.409 e. The molecular formula is C23H30N2O4S. The van der Waals surface area contributed by atoms with E-state index in [0.29, 0.717) is 43.0 Å². The Morgan fingerprint density at radius 1 is 1.17 bits per heavy atom. The number of amides is 3. The number of ether oxygens (including phenoxy) is 1. The normalized spacial score (nSPS) is 18.1. The highest BCUT2D eigenvalue weighted by molar-refractivity contribution is 8.04. The Hall–Kier alpha value is -2.28. The molecule has 3 amide bonds. The topological polar surface area (TPSA) is 66.9 Å². The third-order valence-corrected chi connectivity index (χ3v) is 6.52. The van der Waals surface area contributed by atoms with Gasteiger partial charge in [-0.05, 0) is 44.7 Å². The molecule has 0 atom stereocenters. The Labute approximate surface area is 182 Å². The molecule has 0 N–H and O–H groups in total. The number of piperidine rings is 1. The highest BCUT2D eigenvalue weighted by atomic mass is 32.2. The fourth-order valence-corrected chi connectivity index (χ4v) is 5.04. The minimum atomic E-state index is -0.333. The molecule has 0 unspecified atom stereocenters. The maximum absolute atomic E-state index is 13.5. The van der Waals surface area contributed by atoms with Crippen molar-refractivity contribution in [2.24, 2.45) is 0 Å². The summed E-state index contributed by atoms with van der Waals surface area (Å²) in [6.45, 7) is 11.1. The molecule has 2 aliphatic rings. The highest BCUT2D eigenvalue weighted by Gasteiger charge is 2.44. The molecule has 7 heteroatoms. The van der Waals surface area contributed by atoms with E-state index in [2.05, 4.69) is 0 Å². The van der Waals surface area contributed by atoms with E-state index in [0.717, 1.165) is 16.7 Å². The highest BCUT2D eigenvalue weighted by Crippen LogP contribution is 2.40. The number of benzene rings is 1. The van der Waals surface area contributed by atoms with Gasteiger partial charge < -0.3 is 9.64 Å². The number of hydrogen-bond donors (Lipinski definition) is 0. The van der Waals surface area contributed by atoms with Gasteiger partial charge in [-0.2, -0.15) is 0 Å². The summed E-state index contributed by atoms with van der Waals surface area (Å²) in [5, 5.41) is 0.183. The Morgan fingerprint density at radius 2 is 1.83 bits per heavy atom. The number of aryl methyl sites for hydroxylation is 2. The molecule has 6 nitrogen and oxygen atoms in total. The Kier molecular flexibility index (Phi) is 6.91. The molecule has 2 aliphatic heterocycles. The van der Waals surface area contributed by atoms with Crippen molar-refractivity contribution in [1.29, 1.82) is 0 Å². The van der Waals surface area contributed by atoms with Gasteiger partial charge in [-0.15, -0.1) is 11.8 Å². The smallest absolute Gasteiger partial charge is 0.409 e. The number of hydrogen-bond acceptors (Lipinski definition) is 5. The first kappa shape index (κ1) is 22.4. The van der Waals surface area contributed by atoms with Crippen LogP contribution in [0, 0.1) is 13.8 Å². The summed E-state index contributed by atoms with van der Waals surface area (Å²) in [4.78, 5) is 42.4. The van der Waals surface area contributed by atoms with Crippen molar-refractivity contribution in [2.75, 3.05) is 19.7 Å². The minimum absolute atomic E-state index is 0.183. The first-order valence-corrected chi connectivity index (χ1v) is 11.4. The number of rotatable bonds is 5. The maximum atomic E-state index is 13.5. The van der Waals surface area contributed by atoms with Crippen LogP contribution in [0.4, 0.5) is 4.79 Å². The first-order valence-electron chi connectivity index (χ1n) is 10.5. The second kappa shape index (κ2) is 9.25. The quantitative estimate of drug-likeness (QED) is 0.657. The fourth-order valence-electron chi connectivity index (χ4n) is 4.06. The molecule has 1 aromatic carbocycles. The number of imide groups is 1. The number of carbonyl (C=O) groups excluding carboxylic acids is 3. The van der Waals surface area contributed by atoms with Crippen molar-refractivity contribution in [3.8, 4) is 0 Å². The zero-order chi connectivity index (χ0) is 22.0. The van der Waals surface area contributed by atoms with Crippen LogP contribution in [0.25, 0.3) is 5.57 Å². The molecule has 0 saturated carbocycles. The second-order valence-electron chi connectivity index (χ2n) is 8.09. The average Bonchev–Trinajstić information content (AvgIpc) is 2.92. The first-order chi connectivity index (χ1) is 14.2. The van der Waals surface area contributed by atoms with Gasteiger partial charge in [0.15, 0.2) is 0 Å². The lowest BCUT2D eigenvalue weighted by Crippen LogP contribution is -2.49. The summed E-state index contributed by atoms with van der Waals surface area (Å²) in [6.07, 6.45) is 0.798. The van der Waals surface area contributed by atoms with Crippen molar-refractivity contribution >= 4 is 35.2 Å². The molecule has 2 heterocycles. The van der Waals surface area contributed by atoms with Gasteiger partial charge in [0.05, 0.1) is 17.1 Å². The molecule has 0 aliphatic carbocycles. The third-order valence-electron chi connectivity index (χ3n) is 5.43. The van der Waals surface area contributed by atoms with Crippen LogP contribution in [0.2, 0.25) is 0 Å². The van der Waals surface area contributed by atoms with Gasteiger partial charge in [-0.25, -0.2) is 4.79 Å². The molecule has 0 bridgehead atoms. The Morgan fingerprint density at radius 3 is 2.40 bits per heavy atom. The molecule has 1 fully saturated rings. The molecule has 3 rings (SSSR count). The van der Waals surface area contributed by atoms with Gasteiger partial charge >= 0.3 is 6.09 Å². The van der Waals surface area contributed by atoms with E-state index in [9.17, 15) is 14.4 Å². The van der Waals surface area contributed by atoms with Crippen LogP contribution in [-0.2, 0) is 14.3 Å². The summed E-state index contributed by atoms with van der Waals surface area (Å²) in [5.74, 6) is -0.423. The van der Waals surface area contributed by atoms with E-state index in [1.165, 1.54) is 16.7 Å². The van der Waals surface area contributed by atoms with Gasteiger partial charge in [0.25, 0.3) is 11.8 Å². The molecule has 0 aromatic heterocycles. The zero-order valence-electron chi connectivity index (χ0n) is 18.4. The van der Waals surface area contributed by atoms with Crippen LogP contribution < -0.4 is 0 Å².